The number of piperidine rings is 1. The SMILES string of the molecule is O=C(CN1CCC(C(=O)Nc2cccc(Cl)c2)CC1)Nc1ccc(Cl)c(Cl)c1. The number of anilines is 2. The number of rotatable bonds is 5. The molecule has 0 saturated carbocycles. The monoisotopic (exact) mass is 439 g/mol. The fourth-order valence-electron chi connectivity index (χ4n) is 3.14. The van der Waals surface area contributed by atoms with Crippen molar-refractivity contribution in [1.82, 2.24) is 4.90 Å². The summed E-state index contributed by atoms with van der Waals surface area (Å²) < 4.78 is 0. The molecule has 0 radical (unpaired) electrons. The maximum absolute atomic E-state index is 12.4. The Kier molecular flexibility index (Phi) is 7.18. The number of hydrogen-bond acceptors (Lipinski definition) is 3. The molecule has 0 spiro atoms. The van der Waals surface area contributed by atoms with Crippen LogP contribution in [-0.4, -0.2) is 36.3 Å². The Hall–Kier alpha value is -1.79. The van der Waals surface area contributed by atoms with Crippen molar-refractivity contribution in [2.24, 2.45) is 5.92 Å². The zero-order valence-corrected chi connectivity index (χ0v) is 17.3. The van der Waals surface area contributed by atoms with Crippen LogP contribution in [0.3, 0.4) is 0 Å². The zero-order chi connectivity index (χ0) is 20.1. The van der Waals surface area contributed by atoms with Crippen molar-refractivity contribution in [3.05, 3.63) is 57.5 Å². The van der Waals surface area contributed by atoms with Crippen LogP contribution in [-0.2, 0) is 9.59 Å². The highest BCUT2D eigenvalue weighted by molar-refractivity contribution is 6.42. The predicted octanol–water partition coefficient (Wildman–Crippen LogP) is 4.94. The fraction of sp³-hybridized carbons (Fsp3) is 0.300. The Morgan fingerprint density at radius 3 is 2.32 bits per heavy atom. The number of halogens is 3. The number of likely N-dealkylation sites (tertiary alicyclic amines) is 1. The Balaban J connectivity index is 1.45. The van der Waals surface area contributed by atoms with Gasteiger partial charge in [0.15, 0.2) is 0 Å². The summed E-state index contributed by atoms with van der Waals surface area (Å²) in [5, 5.41) is 7.14. The lowest BCUT2D eigenvalue weighted by molar-refractivity contribution is -0.121. The van der Waals surface area contributed by atoms with Crippen LogP contribution in [0.15, 0.2) is 42.5 Å². The van der Waals surface area contributed by atoms with E-state index < -0.39 is 0 Å². The van der Waals surface area contributed by atoms with Gasteiger partial charge < -0.3 is 10.6 Å². The molecular formula is C20H20Cl3N3O2. The van der Waals surface area contributed by atoms with Crippen molar-refractivity contribution >= 4 is 58.0 Å². The number of nitrogens with zero attached hydrogens (tertiary/aromatic N) is 1. The smallest absolute Gasteiger partial charge is 0.238 e. The van der Waals surface area contributed by atoms with E-state index in [0.29, 0.717) is 52.4 Å². The van der Waals surface area contributed by atoms with Crippen LogP contribution in [0.25, 0.3) is 0 Å². The lowest BCUT2D eigenvalue weighted by atomic mass is 9.96. The molecule has 1 saturated heterocycles. The van der Waals surface area contributed by atoms with Crippen molar-refractivity contribution in [1.29, 1.82) is 0 Å². The summed E-state index contributed by atoms with van der Waals surface area (Å²) in [7, 11) is 0. The summed E-state index contributed by atoms with van der Waals surface area (Å²) in [6, 6.07) is 12.1. The van der Waals surface area contributed by atoms with E-state index in [9.17, 15) is 9.59 Å². The van der Waals surface area contributed by atoms with Gasteiger partial charge in [-0.1, -0.05) is 40.9 Å². The first-order valence-corrected chi connectivity index (χ1v) is 10.1. The molecule has 0 aliphatic carbocycles. The van der Waals surface area contributed by atoms with Crippen LogP contribution in [0.4, 0.5) is 11.4 Å². The molecule has 1 fully saturated rings. The normalized spacial score (nSPS) is 15.2. The second-order valence-corrected chi connectivity index (χ2v) is 7.98. The Bertz CT molecular complexity index is 868. The Morgan fingerprint density at radius 2 is 1.64 bits per heavy atom. The van der Waals surface area contributed by atoms with Crippen molar-refractivity contribution < 1.29 is 9.59 Å². The highest BCUT2D eigenvalue weighted by atomic mass is 35.5. The predicted molar refractivity (Wildman–Crippen MR) is 114 cm³/mol. The summed E-state index contributed by atoms with van der Waals surface area (Å²) >= 11 is 17.8. The molecule has 0 aromatic heterocycles. The summed E-state index contributed by atoms with van der Waals surface area (Å²) in [6.07, 6.45) is 1.40. The summed E-state index contributed by atoms with van der Waals surface area (Å²) in [5.74, 6) is -0.212. The molecule has 2 aromatic rings. The largest absolute Gasteiger partial charge is 0.326 e. The number of benzene rings is 2. The lowest BCUT2D eigenvalue weighted by Crippen LogP contribution is -2.41. The maximum atomic E-state index is 12.4. The molecule has 1 aliphatic rings. The molecule has 28 heavy (non-hydrogen) atoms. The molecular weight excluding hydrogens is 421 g/mol. The van der Waals surface area contributed by atoms with E-state index in [4.69, 9.17) is 34.8 Å². The minimum Gasteiger partial charge on any atom is -0.326 e. The molecule has 1 heterocycles. The molecule has 0 unspecified atom stereocenters. The number of carbonyl (C=O) groups excluding carboxylic acids is 2. The van der Waals surface area contributed by atoms with Gasteiger partial charge in [0.05, 0.1) is 16.6 Å². The van der Waals surface area contributed by atoms with Gasteiger partial charge in [-0.2, -0.15) is 0 Å². The topological polar surface area (TPSA) is 61.4 Å². The molecule has 2 amide bonds. The van der Waals surface area contributed by atoms with E-state index in [2.05, 4.69) is 10.6 Å². The molecule has 8 heteroatoms. The molecule has 5 nitrogen and oxygen atoms in total. The average molecular weight is 441 g/mol. The van der Waals surface area contributed by atoms with E-state index in [1.807, 2.05) is 11.0 Å². The van der Waals surface area contributed by atoms with Gasteiger partial charge in [-0.25, -0.2) is 0 Å². The molecule has 0 bridgehead atoms. The van der Waals surface area contributed by atoms with E-state index in [1.165, 1.54) is 0 Å². The van der Waals surface area contributed by atoms with Crippen LogP contribution < -0.4 is 10.6 Å². The first kappa shape index (κ1) is 20.9. The van der Waals surface area contributed by atoms with Crippen molar-refractivity contribution in [2.45, 2.75) is 12.8 Å². The minimum absolute atomic E-state index is 0.0119. The van der Waals surface area contributed by atoms with Gasteiger partial charge in [0.2, 0.25) is 11.8 Å². The number of nitrogens with one attached hydrogen (secondary N) is 2. The molecule has 1 aliphatic heterocycles. The van der Waals surface area contributed by atoms with Crippen molar-refractivity contribution in [3.63, 3.8) is 0 Å². The van der Waals surface area contributed by atoms with Gasteiger partial charge in [0, 0.05) is 22.3 Å². The number of amides is 2. The highest BCUT2D eigenvalue weighted by Crippen LogP contribution is 2.25. The van der Waals surface area contributed by atoms with E-state index in [0.717, 1.165) is 0 Å². The van der Waals surface area contributed by atoms with E-state index in [-0.39, 0.29) is 24.3 Å². The molecule has 2 N–H and O–H groups in total. The third-order valence-electron chi connectivity index (χ3n) is 4.62. The van der Waals surface area contributed by atoms with Crippen LogP contribution >= 0.6 is 34.8 Å². The fourth-order valence-corrected chi connectivity index (χ4v) is 3.63. The number of hydrogen-bond donors (Lipinski definition) is 2. The van der Waals surface area contributed by atoms with E-state index >= 15 is 0 Å². The maximum Gasteiger partial charge on any atom is 0.238 e. The quantitative estimate of drug-likeness (QED) is 0.692. The van der Waals surface area contributed by atoms with Gasteiger partial charge in [-0.3, -0.25) is 14.5 Å². The highest BCUT2D eigenvalue weighted by Gasteiger charge is 2.26. The summed E-state index contributed by atoms with van der Waals surface area (Å²) in [5.41, 5.74) is 1.30. The second-order valence-electron chi connectivity index (χ2n) is 6.73. The van der Waals surface area contributed by atoms with Gasteiger partial charge in [-0.05, 0) is 62.3 Å². The Morgan fingerprint density at radius 1 is 0.929 bits per heavy atom. The average Bonchev–Trinajstić information content (AvgIpc) is 2.65. The van der Waals surface area contributed by atoms with Gasteiger partial charge in [0.1, 0.15) is 0 Å². The van der Waals surface area contributed by atoms with Crippen molar-refractivity contribution in [3.8, 4) is 0 Å². The first-order chi connectivity index (χ1) is 13.4. The van der Waals surface area contributed by atoms with Gasteiger partial charge >= 0.3 is 0 Å². The minimum atomic E-state index is -0.125. The van der Waals surface area contributed by atoms with Gasteiger partial charge in [0.25, 0.3) is 0 Å². The molecule has 0 atom stereocenters. The van der Waals surface area contributed by atoms with Crippen LogP contribution in [0.1, 0.15) is 12.8 Å². The summed E-state index contributed by atoms with van der Waals surface area (Å²) in [4.78, 5) is 26.7. The standard InChI is InChI=1S/C20H20Cl3N3O2/c21-14-2-1-3-15(10-14)25-20(28)13-6-8-26(9-7-13)12-19(27)24-16-4-5-17(22)18(23)11-16/h1-5,10-11,13H,6-9,12H2,(H,24,27)(H,25,28). The zero-order valence-electron chi connectivity index (χ0n) is 15.1. The summed E-state index contributed by atoms with van der Waals surface area (Å²) in [6.45, 7) is 1.63. The first-order valence-electron chi connectivity index (χ1n) is 8.94. The number of carbonyl (C=O) groups is 2. The second kappa shape index (κ2) is 9.61. The molecule has 2 aromatic carbocycles. The van der Waals surface area contributed by atoms with Crippen LogP contribution in [0.2, 0.25) is 15.1 Å². The third-order valence-corrected chi connectivity index (χ3v) is 5.60. The Labute approximate surface area is 178 Å². The van der Waals surface area contributed by atoms with Crippen molar-refractivity contribution in [2.75, 3.05) is 30.3 Å². The van der Waals surface area contributed by atoms with Crippen LogP contribution in [0, 0.1) is 5.92 Å². The van der Waals surface area contributed by atoms with E-state index in [1.54, 1.807) is 36.4 Å². The third kappa shape index (κ3) is 5.85. The molecule has 3 rings (SSSR count). The van der Waals surface area contributed by atoms with Crippen LogP contribution in [0.5, 0.6) is 0 Å². The van der Waals surface area contributed by atoms with Gasteiger partial charge in [-0.15, -0.1) is 0 Å². The molecule has 148 valence electrons. The lowest BCUT2D eigenvalue weighted by Gasteiger charge is -2.30.